The summed E-state index contributed by atoms with van der Waals surface area (Å²) >= 11 is 0. The van der Waals surface area contributed by atoms with Crippen molar-refractivity contribution in [3.8, 4) is 0 Å². The molecule has 6 rings (SSSR count). The second kappa shape index (κ2) is 10.1. The van der Waals surface area contributed by atoms with Crippen molar-refractivity contribution in [1.82, 2.24) is 24.5 Å². The smallest absolute Gasteiger partial charge is 0.417 e. The molecule has 3 aromatic rings. The van der Waals surface area contributed by atoms with Crippen LogP contribution in [-0.4, -0.2) is 73.0 Å². The lowest BCUT2D eigenvalue weighted by atomic mass is 9.93. The Morgan fingerprint density at radius 1 is 1.12 bits per heavy atom. The Morgan fingerprint density at radius 2 is 1.93 bits per heavy atom. The molecule has 12 nitrogen and oxygen atoms in total. The number of fused-ring (bicyclic) bond motifs is 2. The van der Waals surface area contributed by atoms with E-state index < -0.39 is 17.6 Å². The molecule has 0 aliphatic carbocycles. The molecule has 0 bridgehead atoms. The largest absolute Gasteiger partial charge is 0.443 e. The SMILES string of the molecule is CC(C)(C)OC(=O)N1Cc2c(C3CCNn4ccnc43)ncc(Nc3ccc(N4CCC(O)CC4)cn3)c2C1=O. The van der Waals surface area contributed by atoms with E-state index in [1.807, 2.05) is 23.0 Å². The Labute approximate surface area is 232 Å². The van der Waals surface area contributed by atoms with Crippen LogP contribution in [0.25, 0.3) is 0 Å². The lowest BCUT2D eigenvalue weighted by Crippen LogP contribution is -2.37. The normalized spacial score (nSPS) is 19.2. The first-order valence-electron chi connectivity index (χ1n) is 13.7. The monoisotopic (exact) mass is 546 g/mol. The number of carbonyl (C=O) groups is 2. The van der Waals surface area contributed by atoms with Crippen LogP contribution >= 0.6 is 0 Å². The molecule has 1 saturated heterocycles. The minimum atomic E-state index is -0.744. The van der Waals surface area contributed by atoms with Crippen molar-refractivity contribution in [2.24, 2.45) is 0 Å². The van der Waals surface area contributed by atoms with Gasteiger partial charge in [-0.1, -0.05) is 0 Å². The molecule has 12 heteroatoms. The minimum absolute atomic E-state index is 0.0682. The van der Waals surface area contributed by atoms with E-state index in [0.29, 0.717) is 22.6 Å². The van der Waals surface area contributed by atoms with Gasteiger partial charge in [-0.3, -0.25) is 14.5 Å². The number of aliphatic hydroxyl groups is 1. The van der Waals surface area contributed by atoms with E-state index in [2.05, 4.69) is 25.6 Å². The summed E-state index contributed by atoms with van der Waals surface area (Å²) in [5, 5.41) is 13.1. The van der Waals surface area contributed by atoms with Crippen LogP contribution in [0.3, 0.4) is 0 Å². The molecule has 3 aliphatic heterocycles. The highest BCUT2D eigenvalue weighted by Crippen LogP contribution is 2.39. The van der Waals surface area contributed by atoms with Crippen molar-refractivity contribution in [2.45, 2.75) is 64.2 Å². The molecular weight excluding hydrogens is 512 g/mol. The van der Waals surface area contributed by atoms with Crippen molar-refractivity contribution in [1.29, 1.82) is 0 Å². The van der Waals surface area contributed by atoms with Crippen molar-refractivity contribution < 1.29 is 19.4 Å². The molecule has 6 heterocycles. The molecule has 1 atom stereocenters. The van der Waals surface area contributed by atoms with Gasteiger partial charge in [0.2, 0.25) is 0 Å². The fourth-order valence-corrected chi connectivity index (χ4v) is 5.53. The maximum Gasteiger partial charge on any atom is 0.417 e. The van der Waals surface area contributed by atoms with Crippen LogP contribution in [0, 0.1) is 0 Å². The van der Waals surface area contributed by atoms with E-state index in [9.17, 15) is 14.7 Å². The summed E-state index contributed by atoms with van der Waals surface area (Å²) in [6, 6.07) is 3.83. The van der Waals surface area contributed by atoms with Crippen LogP contribution in [0.15, 0.2) is 36.9 Å². The van der Waals surface area contributed by atoms with Gasteiger partial charge in [-0.25, -0.2) is 19.7 Å². The maximum absolute atomic E-state index is 13.7. The topological polar surface area (TPSA) is 138 Å². The molecule has 3 N–H and O–H groups in total. The van der Waals surface area contributed by atoms with Crippen LogP contribution in [-0.2, 0) is 11.3 Å². The van der Waals surface area contributed by atoms with Gasteiger partial charge in [0.1, 0.15) is 17.2 Å². The number of hydrogen-bond acceptors (Lipinski definition) is 10. The standard InChI is InChI=1S/C28H34N8O4/c1-28(2,3)40-27(39)35-16-20-23(26(35)38)21(15-31-24(20)19-6-9-32-36-13-10-29-25(19)36)33-22-5-4-17(14-30-22)34-11-7-18(37)8-12-34/h4-5,10,13-15,18-19,32,37H,6-9,11-12,16H2,1-3H3,(H,30,33). The van der Waals surface area contributed by atoms with Crippen molar-refractivity contribution in [2.75, 3.05) is 35.3 Å². The van der Waals surface area contributed by atoms with E-state index >= 15 is 0 Å². The number of carbonyl (C=O) groups excluding carboxylic acids is 2. The Kier molecular flexibility index (Phi) is 6.57. The summed E-state index contributed by atoms with van der Waals surface area (Å²) in [6.45, 7) is 7.66. The third-order valence-corrected chi connectivity index (χ3v) is 7.47. The van der Waals surface area contributed by atoms with Gasteiger partial charge in [-0.15, -0.1) is 0 Å². The molecule has 2 amide bonds. The third-order valence-electron chi connectivity index (χ3n) is 7.47. The number of anilines is 3. The second-order valence-electron chi connectivity index (χ2n) is 11.4. The summed E-state index contributed by atoms with van der Waals surface area (Å²) in [7, 11) is 0. The minimum Gasteiger partial charge on any atom is -0.443 e. The number of amides is 2. The average molecular weight is 547 g/mol. The first-order valence-corrected chi connectivity index (χ1v) is 13.7. The quantitative estimate of drug-likeness (QED) is 0.447. The first kappa shape index (κ1) is 26.1. The number of rotatable bonds is 4. The number of imidazole rings is 1. The van der Waals surface area contributed by atoms with Gasteiger partial charge in [0.15, 0.2) is 0 Å². The third kappa shape index (κ3) is 4.94. The molecule has 0 saturated carbocycles. The molecule has 40 heavy (non-hydrogen) atoms. The van der Waals surface area contributed by atoms with Gasteiger partial charge in [-0.2, -0.15) is 0 Å². The van der Waals surface area contributed by atoms with E-state index in [0.717, 1.165) is 61.0 Å². The van der Waals surface area contributed by atoms with Gasteiger partial charge >= 0.3 is 6.09 Å². The molecule has 3 aromatic heterocycles. The van der Waals surface area contributed by atoms with Crippen molar-refractivity contribution in [3.63, 3.8) is 0 Å². The molecule has 0 spiro atoms. The second-order valence-corrected chi connectivity index (χ2v) is 11.4. The Bertz CT molecular complexity index is 1420. The fourth-order valence-electron chi connectivity index (χ4n) is 5.53. The fraction of sp³-hybridized carbons (Fsp3) is 0.464. The zero-order valence-corrected chi connectivity index (χ0v) is 22.9. The van der Waals surface area contributed by atoms with E-state index in [4.69, 9.17) is 9.72 Å². The van der Waals surface area contributed by atoms with E-state index in [1.54, 1.807) is 39.4 Å². The first-order chi connectivity index (χ1) is 19.2. The lowest BCUT2D eigenvalue weighted by Gasteiger charge is -2.31. The highest BCUT2D eigenvalue weighted by atomic mass is 16.6. The van der Waals surface area contributed by atoms with Crippen molar-refractivity contribution >= 4 is 29.2 Å². The molecule has 0 radical (unpaired) electrons. The highest BCUT2D eigenvalue weighted by molar-refractivity contribution is 6.10. The maximum atomic E-state index is 13.7. The number of imide groups is 1. The summed E-state index contributed by atoms with van der Waals surface area (Å²) < 4.78 is 7.43. The van der Waals surface area contributed by atoms with E-state index in [-0.39, 0.29) is 18.6 Å². The molecule has 1 fully saturated rings. The van der Waals surface area contributed by atoms with Crippen LogP contribution in [0.4, 0.5) is 22.0 Å². The number of aromatic nitrogens is 4. The van der Waals surface area contributed by atoms with Gasteiger partial charge in [0, 0.05) is 37.6 Å². The molecule has 1 unspecified atom stereocenters. The Morgan fingerprint density at radius 3 is 2.65 bits per heavy atom. The van der Waals surface area contributed by atoms with Crippen molar-refractivity contribution in [3.05, 3.63) is 59.6 Å². The predicted octanol–water partition coefficient (Wildman–Crippen LogP) is 3.35. The summed E-state index contributed by atoms with van der Waals surface area (Å²) in [4.78, 5) is 44.0. The van der Waals surface area contributed by atoms with Crippen LogP contribution in [0.1, 0.15) is 73.4 Å². The zero-order chi connectivity index (χ0) is 28.0. The number of pyridine rings is 2. The highest BCUT2D eigenvalue weighted by Gasteiger charge is 2.41. The molecular formula is C28H34N8O4. The Balaban J connectivity index is 1.32. The van der Waals surface area contributed by atoms with Gasteiger partial charge in [-0.05, 0) is 52.2 Å². The van der Waals surface area contributed by atoms with E-state index in [1.165, 1.54) is 0 Å². The number of hydrogen-bond donors (Lipinski definition) is 3. The lowest BCUT2D eigenvalue weighted by molar-refractivity contribution is 0.0248. The average Bonchev–Trinajstić information content (AvgIpc) is 3.54. The molecule has 3 aliphatic rings. The van der Waals surface area contributed by atoms with Gasteiger partial charge in [0.05, 0.1) is 53.6 Å². The summed E-state index contributed by atoms with van der Waals surface area (Å²) in [5.74, 6) is 0.799. The summed E-state index contributed by atoms with van der Waals surface area (Å²) in [6.07, 6.45) is 8.30. The van der Waals surface area contributed by atoms with Crippen LogP contribution < -0.4 is 15.6 Å². The molecule has 210 valence electrons. The number of ether oxygens (including phenoxy) is 1. The number of nitrogens with one attached hydrogen (secondary N) is 2. The predicted molar refractivity (Wildman–Crippen MR) is 148 cm³/mol. The Hall–Kier alpha value is -4.19. The van der Waals surface area contributed by atoms with Gasteiger partial charge in [0.25, 0.3) is 5.91 Å². The number of piperidine rings is 1. The van der Waals surface area contributed by atoms with Crippen LogP contribution in [0.2, 0.25) is 0 Å². The number of nitrogens with zero attached hydrogens (tertiary/aromatic N) is 6. The zero-order valence-electron chi connectivity index (χ0n) is 22.9. The van der Waals surface area contributed by atoms with Crippen LogP contribution in [0.5, 0.6) is 0 Å². The number of aliphatic hydroxyl groups excluding tert-OH is 1. The van der Waals surface area contributed by atoms with Gasteiger partial charge < -0.3 is 25.5 Å². The molecule has 0 aromatic carbocycles. The summed E-state index contributed by atoms with van der Waals surface area (Å²) in [5.41, 5.74) is 5.80.